The Bertz CT molecular complexity index is 509. The molecule has 1 aromatic carbocycles. The van der Waals surface area contributed by atoms with Gasteiger partial charge in [-0.25, -0.2) is 0 Å². The zero-order valence-corrected chi connectivity index (χ0v) is 12.0. The summed E-state index contributed by atoms with van der Waals surface area (Å²) in [6, 6.07) is 5.72. The summed E-state index contributed by atoms with van der Waals surface area (Å²) in [5.74, 6) is 5.88. The van der Waals surface area contributed by atoms with Crippen molar-refractivity contribution in [3.8, 4) is 11.8 Å². The maximum atomic E-state index is 12.2. The molecule has 0 saturated heterocycles. The Labute approximate surface area is 115 Å². The lowest BCUT2D eigenvalue weighted by atomic mass is 10.0. The average Bonchev–Trinajstić information content (AvgIpc) is 2.39. The summed E-state index contributed by atoms with van der Waals surface area (Å²) in [7, 11) is 1.80. The van der Waals surface area contributed by atoms with Gasteiger partial charge in [0.15, 0.2) is 0 Å². The summed E-state index contributed by atoms with van der Waals surface area (Å²) < 4.78 is 0. The van der Waals surface area contributed by atoms with Crippen LogP contribution in [0.25, 0.3) is 0 Å². The van der Waals surface area contributed by atoms with E-state index in [2.05, 4.69) is 11.8 Å². The van der Waals surface area contributed by atoms with Crippen LogP contribution in [0.3, 0.4) is 0 Å². The normalized spacial score (nSPS) is 10.0. The van der Waals surface area contributed by atoms with Crippen molar-refractivity contribution in [3.63, 3.8) is 0 Å². The van der Waals surface area contributed by atoms with E-state index in [0.29, 0.717) is 12.0 Å². The molecule has 0 aliphatic heterocycles. The molecule has 0 heterocycles. The highest BCUT2D eigenvalue weighted by Gasteiger charge is 2.14. The van der Waals surface area contributed by atoms with Gasteiger partial charge in [-0.05, 0) is 38.5 Å². The number of aryl methyl sites for hydroxylation is 1. The topological polar surface area (TPSA) is 40.5 Å². The minimum Gasteiger partial charge on any atom is -0.395 e. The average molecular weight is 259 g/mol. The first-order valence-electron chi connectivity index (χ1n) is 6.45. The minimum absolute atomic E-state index is 0.000193. The fraction of sp³-hybridized carbons (Fsp3) is 0.438. The van der Waals surface area contributed by atoms with E-state index in [0.717, 1.165) is 11.1 Å². The molecule has 0 spiro atoms. The summed E-state index contributed by atoms with van der Waals surface area (Å²) in [5, 5.41) is 8.73. The number of aliphatic hydroxyl groups is 1. The van der Waals surface area contributed by atoms with Crippen LogP contribution in [0.15, 0.2) is 18.2 Å². The first kappa shape index (κ1) is 15.3. The van der Waals surface area contributed by atoms with Crippen LogP contribution in [-0.2, 0) is 0 Å². The molecule has 3 heteroatoms. The van der Waals surface area contributed by atoms with Crippen LogP contribution in [0.4, 0.5) is 0 Å². The number of benzene rings is 1. The van der Waals surface area contributed by atoms with Crippen molar-refractivity contribution in [2.24, 2.45) is 0 Å². The highest BCUT2D eigenvalue weighted by Crippen LogP contribution is 2.13. The first-order valence-corrected chi connectivity index (χ1v) is 6.45. The molecule has 102 valence electrons. The molecular weight excluding hydrogens is 238 g/mol. The summed E-state index contributed by atoms with van der Waals surface area (Å²) in [6.45, 7) is 5.98. The molecule has 0 aliphatic carbocycles. The number of carbonyl (C=O) groups excluding carboxylic acids is 1. The van der Waals surface area contributed by atoms with Gasteiger partial charge < -0.3 is 10.0 Å². The lowest BCUT2D eigenvalue weighted by molar-refractivity contribution is 0.0755. The fourth-order valence-electron chi connectivity index (χ4n) is 1.54. The largest absolute Gasteiger partial charge is 0.395 e. The molecule has 0 aromatic heterocycles. The van der Waals surface area contributed by atoms with Crippen molar-refractivity contribution in [2.45, 2.75) is 33.2 Å². The second kappa shape index (κ2) is 6.96. The zero-order valence-electron chi connectivity index (χ0n) is 12.0. The molecular formula is C16H21NO2. The molecule has 0 radical (unpaired) electrons. The van der Waals surface area contributed by atoms with Gasteiger partial charge >= 0.3 is 0 Å². The Morgan fingerprint density at radius 3 is 2.68 bits per heavy atom. The third-order valence-electron chi connectivity index (χ3n) is 3.04. The molecule has 19 heavy (non-hydrogen) atoms. The van der Waals surface area contributed by atoms with Gasteiger partial charge in [0.05, 0.1) is 6.61 Å². The Morgan fingerprint density at radius 1 is 1.42 bits per heavy atom. The van der Waals surface area contributed by atoms with Gasteiger partial charge in [0.2, 0.25) is 0 Å². The third kappa shape index (κ3) is 4.11. The second-order valence-corrected chi connectivity index (χ2v) is 4.81. The van der Waals surface area contributed by atoms with Crippen molar-refractivity contribution in [2.75, 3.05) is 13.7 Å². The molecule has 1 amide bonds. The number of hydrogen-bond donors (Lipinski definition) is 1. The number of aliphatic hydroxyl groups excluding tert-OH is 1. The molecule has 3 nitrogen and oxygen atoms in total. The highest BCUT2D eigenvalue weighted by atomic mass is 16.2. The Kier molecular flexibility index (Phi) is 5.59. The third-order valence-corrected chi connectivity index (χ3v) is 3.04. The van der Waals surface area contributed by atoms with Gasteiger partial charge in [0.25, 0.3) is 5.91 Å². The molecule has 1 N–H and O–H groups in total. The van der Waals surface area contributed by atoms with Gasteiger partial charge in [0.1, 0.15) is 0 Å². The number of amides is 1. The number of carbonyl (C=O) groups is 1. The van der Waals surface area contributed by atoms with Crippen molar-refractivity contribution in [3.05, 3.63) is 34.9 Å². The van der Waals surface area contributed by atoms with Gasteiger partial charge in [-0.3, -0.25) is 4.79 Å². The SMILES string of the molecule is Cc1ccc(C(=O)N(C)C(C)C)cc1C#CCCO. The lowest BCUT2D eigenvalue weighted by Gasteiger charge is -2.21. The minimum atomic E-state index is 0.000193. The molecule has 1 rings (SSSR count). The van der Waals surface area contributed by atoms with Crippen LogP contribution in [-0.4, -0.2) is 35.6 Å². The highest BCUT2D eigenvalue weighted by molar-refractivity contribution is 5.94. The van der Waals surface area contributed by atoms with E-state index in [-0.39, 0.29) is 18.6 Å². The Morgan fingerprint density at radius 2 is 2.11 bits per heavy atom. The van der Waals surface area contributed by atoms with Crippen LogP contribution in [0.5, 0.6) is 0 Å². The summed E-state index contributed by atoms with van der Waals surface area (Å²) in [5.41, 5.74) is 2.53. The Hall–Kier alpha value is -1.79. The Balaban J connectivity index is 3.03. The van der Waals surface area contributed by atoms with E-state index in [9.17, 15) is 4.79 Å². The maximum absolute atomic E-state index is 12.2. The van der Waals surface area contributed by atoms with Crippen molar-refractivity contribution in [1.82, 2.24) is 4.90 Å². The standard InChI is InChI=1S/C16H21NO2/c1-12(2)17(4)16(19)15-9-8-13(3)14(11-15)7-5-6-10-18/h8-9,11-12,18H,6,10H2,1-4H3. The smallest absolute Gasteiger partial charge is 0.253 e. The summed E-state index contributed by atoms with van der Waals surface area (Å²) in [4.78, 5) is 13.9. The van der Waals surface area contributed by atoms with Crippen LogP contribution < -0.4 is 0 Å². The van der Waals surface area contributed by atoms with E-state index in [1.54, 1.807) is 11.9 Å². The predicted octanol–water partition coefficient (Wildman–Crippen LogP) is 2.21. The zero-order chi connectivity index (χ0) is 14.4. The van der Waals surface area contributed by atoms with Gasteiger partial charge in [-0.1, -0.05) is 17.9 Å². The van der Waals surface area contributed by atoms with Crippen molar-refractivity contribution in [1.29, 1.82) is 0 Å². The number of nitrogens with zero attached hydrogens (tertiary/aromatic N) is 1. The maximum Gasteiger partial charge on any atom is 0.253 e. The molecule has 0 atom stereocenters. The van der Waals surface area contributed by atoms with Crippen molar-refractivity contribution < 1.29 is 9.90 Å². The van der Waals surface area contributed by atoms with E-state index in [1.165, 1.54) is 0 Å². The van der Waals surface area contributed by atoms with E-state index in [1.807, 2.05) is 39.0 Å². The van der Waals surface area contributed by atoms with Crippen LogP contribution in [0.2, 0.25) is 0 Å². The van der Waals surface area contributed by atoms with E-state index in [4.69, 9.17) is 5.11 Å². The van der Waals surface area contributed by atoms with Gasteiger partial charge in [-0.15, -0.1) is 0 Å². The second-order valence-electron chi connectivity index (χ2n) is 4.81. The van der Waals surface area contributed by atoms with Crippen LogP contribution in [0, 0.1) is 18.8 Å². The van der Waals surface area contributed by atoms with Gasteiger partial charge in [-0.2, -0.15) is 0 Å². The summed E-state index contributed by atoms with van der Waals surface area (Å²) >= 11 is 0. The number of hydrogen-bond acceptors (Lipinski definition) is 2. The molecule has 0 saturated carbocycles. The fourth-order valence-corrected chi connectivity index (χ4v) is 1.54. The monoisotopic (exact) mass is 259 g/mol. The molecule has 0 fully saturated rings. The first-order chi connectivity index (χ1) is 8.97. The van der Waals surface area contributed by atoms with E-state index < -0.39 is 0 Å². The molecule has 0 aliphatic rings. The molecule has 0 unspecified atom stereocenters. The molecule has 0 bridgehead atoms. The van der Waals surface area contributed by atoms with Crippen LogP contribution >= 0.6 is 0 Å². The van der Waals surface area contributed by atoms with Crippen LogP contribution in [0.1, 0.15) is 41.8 Å². The number of rotatable bonds is 3. The molecule has 1 aromatic rings. The lowest BCUT2D eigenvalue weighted by Crippen LogP contribution is -2.33. The van der Waals surface area contributed by atoms with Gasteiger partial charge in [0, 0.05) is 30.6 Å². The quantitative estimate of drug-likeness (QED) is 0.845. The van der Waals surface area contributed by atoms with Crippen molar-refractivity contribution >= 4 is 5.91 Å². The predicted molar refractivity (Wildman–Crippen MR) is 77.0 cm³/mol. The summed E-state index contributed by atoms with van der Waals surface area (Å²) in [6.07, 6.45) is 0.448. The van der Waals surface area contributed by atoms with E-state index >= 15 is 0 Å².